The van der Waals surface area contributed by atoms with Crippen LogP contribution in [0.5, 0.6) is 0 Å². The standard InChI is InChI=1S/C18H17N3O2S/c1-3-15-7-8-17-18(14-6-4-5-13(9-14)10-19)16(11-24(22)23)12(2)20-21(15)17/h4-9H,3,11H2,1-2H3,(H,22,23)/p-1. The first-order chi connectivity index (χ1) is 11.5. The number of aromatic nitrogens is 2. The number of hydrogen-bond donors (Lipinski definition) is 0. The van der Waals surface area contributed by atoms with Crippen molar-refractivity contribution in [1.82, 2.24) is 9.61 Å². The summed E-state index contributed by atoms with van der Waals surface area (Å²) in [7, 11) is 0. The summed E-state index contributed by atoms with van der Waals surface area (Å²) in [6, 6.07) is 13.3. The number of fused-ring (bicyclic) bond motifs is 1. The Bertz CT molecular complexity index is 986. The lowest BCUT2D eigenvalue weighted by Crippen LogP contribution is -2.07. The molecule has 0 saturated heterocycles. The van der Waals surface area contributed by atoms with Gasteiger partial charge in [0.2, 0.25) is 0 Å². The van der Waals surface area contributed by atoms with Crippen LogP contribution in [0.25, 0.3) is 16.6 Å². The summed E-state index contributed by atoms with van der Waals surface area (Å²) in [5.74, 6) is -0.103. The second-order valence-electron chi connectivity index (χ2n) is 5.55. The molecule has 0 radical (unpaired) electrons. The normalized spacial score (nSPS) is 12.2. The first-order valence-electron chi connectivity index (χ1n) is 7.61. The quantitative estimate of drug-likeness (QED) is 0.684. The van der Waals surface area contributed by atoms with Crippen molar-refractivity contribution in [3.8, 4) is 17.2 Å². The maximum absolute atomic E-state index is 11.3. The van der Waals surface area contributed by atoms with E-state index < -0.39 is 11.1 Å². The van der Waals surface area contributed by atoms with Crippen LogP contribution in [0.2, 0.25) is 0 Å². The third-order valence-corrected chi connectivity index (χ3v) is 4.61. The Morgan fingerprint density at radius 3 is 2.79 bits per heavy atom. The van der Waals surface area contributed by atoms with Gasteiger partial charge >= 0.3 is 0 Å². The van der Waals surface area contributed by atoms with Gasteiger partial charge < -0.3 is 4.55 Å². The van der Waals surface area contributed by atoms with Crippen molar-refractivity contribution in [3.05, 3.63) is 58.9 Å². The van der Waals surface area contributed by atoms with E-state index in [0.717, 1.165) is 28.8 Å². The van der Waals surface area contributed by atoms with Gasteiger partial charge in [0.05, 0.1) is 22.8 Å². The molecule has 3 rings (SSSR count). The van der Waals surface area contributed by atoms with E-state index >= 15 is 0 Å². The minimum atomic E-state index is -2.22. The molecule has 6 heteroatoms. The van der Waals surface area contributed by atoms with E-state index in [-0.39, 0.29) is 5.75 Å². The fraction of sp³-hybridized carbons (Fsp3) is 0.222. The maximum Gasteiger partial charge on any atom is 0.0991 e. The molecule has 0 spiro atoms. The van der Waals surface area contributed by atoms with Crippen LogP contribution < -0.4 is 0 Å². The SMILES string of the molecule is CCc1ccc2c(-c3cccc(C#N)c3)c(CS(=O)[O-])c(C)nn12. The van der Waals surface area contributed by atoms with E-state index in [1.807, 2.05) is 35.7 Å². The van der Waals surface area contributed by atoms with E-state index in [0.29, 0.717) is 16.8 Å². The lowest BCUT2D eigenvalue weighted by atomic mass is 9.98. The van der Waals surface area contributed by atoms with Gasteiger partial charge in [-0.2, -0.15) is 10.4 Å². The highest BCUT2D eigenvalue weighted by Gasteiger charge is 2.17. The molecule has 0 fully saturated rings. The van der Waals surface area contributed by atoms with E-state index in [9.17, 15) is 8.76 Å². The van der Waals surface area contributed by atoms with Crippen molar-refractivity contribution >= 4 is 16.6 Å². The molecule has 0 N–H and O–H groups in total. The average Bonchev–Trinajstić information content (AvgIpc) is 2.97. The number of hydrogen-bond acceptors (Lipinski definition) is 4. The van der Waals surface area contributed by atoms with Crippen LogP contribution in [0.3, 0.4) is 0 Å². The topological polar surface area (TPSA) is 81.2 Å². The van der Waals surface area contributed by atoms with Gasteiger partial charge in [-0.05, 0) is 48.7 Å². The summed E-state index contributed by atoms with van der Waals surface area (Å²) in [4.78, 5) is 0. The summed E-state index contributed by atoms with van der Waals surface area (Å²) in [5.41, 5.74) is 5.45. The van der Waals surface area contributed by atoms with Crippen molar-refractivity contribution in [2.45, 2.75) is 26.0 Å². The molecule has 0 bridgehead atoms. The highest BCUT2D eigenvalue weighted by Crippen LogP contribution is 2.32. The van der Waals surface area contributed by atoms with E-state index in [4.69, 9.17) is 5.26 Å². The van der Waals surface area contributed by atoms with Crippen molar-refractivity contribution in [2.75, 3.05) is 0 Å². The third-order valence-electron chi connectivity index (χ3n) is 4.08. The highest BCUT2D eigenvalue weighted by atomic mass is 32.2. The first-order valence-corrected chi connectivity index (χ1v) is 8.86. The van der Waals surface area contributed by atoms with Crippen LogP contribution in [0, 0.1) is 18.3 Å². The first kappa shape index (κ1) is 16.4. The molecule has 1 aromatic carbocycles. The zero-order chi connectivity index (χ0) is 17.3. The predicted molar refractivity (Wildman–Crippen MR) is 92.1 cm³/mol. The largest absolute Gasteiger partial charge is 0.772 e. The van der Waals surface area contributed by atoms with Crippen LogP contribution in [0.4, 0.5) is 0 Å². The maximum atomic E-state index is 11.3. The third kappa shape index (κ3) is 2.84. The van der Waals surface area contributed by atoms with Crippen molar-refractivity contribution < 1.29 is 8.76 Å². The van der Waals surface area contributed by atoms with Gasteiger partial charge in [-0.15, -0.1) is 0 Å². The molecule has 122 valence electrons. The number of benzene rings is 1. The molecule has 0 aliphatic rings. The van der Waals surface area contributed by atoms with E-state index in [2.05, 4.69) is 18.1 Å². The van der Waals surface area contributed by atoms with Gasteiger partial charge in [0, 0.05) is 17.0 Å². The molecule has 2 aromatic heterocycles. The van der Waals surface area contributed by atoms with Gasteiger partial charge in [0.25, 0.3) is 0 Å². The monoisotopic (exact) mass is 338 g/mol. The average molecular weight is 338 g/mol. The Labute approximate surface area is 142 Å². The molecular formula is C18H16N3O2S-. The molecule has 5 nitrogen and oxygen atoms in total. The number of rotatable bonds is 4. The highest BCUT2D eigenvalue weighted by molar-refractivity contribution is 7.78. The lowest BCUT2D eigenvalue weighted by molar-refractivity contribution is 0.536. The van der Waals surface area contributed by atoms with E-state index in [1.165, 1.54) is 0 Å². The Kier molecular flexibility index (Phi) is 4.47. The van der Waals surface area contributed by atoms with Crippen LogP contribution in [-0.2, 0) is 23.3 Å². The summed E-state index contributed by atoms with van der Waals surface area (Å²) in [6.07, 6.45) is 0.825. The second kappa shape index (κ2) is 6.56. The van der Waals surface area contributed by atoms with Crippen molar-refractivity contribution in [1.29, 1.82) is 5.26 Å². The second-order valence-corrected chi connectivity index (χ2v) is 6.45. The van der Waals surface area contributed by atoms with Crippen LogP contribution in [0.1, 0.15) is 29.4 Å². The van der Waals surface area contributed by atoms with Gasteiger partial charge in [0.1, 0.15) is 0 Å². The van der Waals surface area contributed by atoms with Crippen molar-refractivity contribution in [2.24, 2.45) is 0 Å². The van der Waals surface area contributed by atoms with Crippen LogP contribution in [-0.4, -0.2) is 18.4 Å². The van der Waals surface area contributed by atoms with Crippen LogP contribution >= 0.6 is 0 Å². The fourth-order valence-electron chi connectivity index (χ4n) is 2.95. The molecular weight excluding hydrogens is 322 g/mol. The van der Waals surface area contributed by atoms with E-state index in [1.54, 1.807) is 12.1 Å². The van der Waals surface area contributed by atoms with Gasteiger partial charge in [0.15, 0.2) is 0 Å². The van der Waals surface area contributed by atoms with Crippen molar-refractivity contribution in [3.63, 3.8) is 0 Å². The minimum Gasteiger partial charge on any atom is -0.772 e. The Balaban J connectivity index is 2.39. The lowest BCUT2D eigenvalue weighted by Gasteiger charge is -2.17. The number of nitrogens with zero attached hydrogens (tertiary/aromatic N) is 3. The molecule has 1 unspecified atom stereocenters. The van der Waals surface area contributed by atoms with Gasteiger partial charge in [-0.3, -0.25) is 4.21 Å². The number of nitriles is 1. The Hall–Kier alpha value is -2.49. The number of aryl methyl sites for hydroxylation is 2. The van der Waals surface area contributed by atoms with Crippen LogP contribution in [0.15, 0.2) is 36.4 Å². The molecule has 0 amide bonds. The summed E-state index contributed by atoms with van der Waals surface area (Å²) in [5, 5.41) is 13.7. The molecule has 0 aliphatic heterocycles. The molecule has 2 heterocycles. The minimum absolute atomic E-state index is 0.103. The Morgan fingerprint density at radius 2 is 2.12 bits per heavy atom. The molecule has 24 heavy (non-hydrogen) atoms. The Morgan fingerprint density at radius 1 is 1.33 bits per heavy atom. The smallest absolute Gasteiger partial charge is 0.0991 e. The van der Waals surface area contributed by atoms with Gasteiger partial charge in [-0.1, -0.05) is 30.1 Å². The summed E-state index contributed by atoms with van der Waals surface area (Å²) < 4.78 is 24.5. The zero-order valence-corrected chi connectivity index (χ0v) is 14.3. The molecule has 0 aliphatic carbocycles. The summed E-state index contributed by atoms with van der Waals surface area (Å²) >= 11 is -2.22. The molecule has 1 atom stereocenters. The fourth-order valence-corrected chi connectivity index (χ4v) is 3.54. The summed E-state index contributed by atoms with van der Waals surface area (Å²) in [6.45, 7) is 3.87. The zero-order valence-electron chi connectivity index (χ0n) is 13.4. The van der Waals surface area contributed by atoms with Gasteiger partial charge in [-0.25, -0.2) is 4.52 Å². The predicted octanol–water partition coefficient (Wildman–Crippen LogP) is 3.12. The molecule has 3 aromatic rings. The molecule has 0 saturated carbocycles.